The number of benzene rings is 1. The van der Waals surface area contributed by atoms with Crippen molar-refractivity contribution in [1.29, 1.82) is 0 Å². The van der Waals surface area contributed by atoms with E-state index in [1.165, 1.54) is 12.1 Å². The van der Waals surface area contributed by atoms with Crippen LogP contribution in [0.25, 0.3) is 0 Å². The largest absolute Gasteiger partial charge is 0.329 e. The van der Waals surface area contributed by atoms with Crippen LogP contribution in [0.4, 0.5) is 4.39 Å². The number of hydrogen-bond donors (Lipinski definition) is 1. The Balaban J connectivity index is 2.08. The molecule has 1 aliphatic rings. The fraction of sp³-hybridized carbons (Fsp3) is 0.538. The van der Waals surface area contributed by atoms with Gasteiger partial charge in [0.05, 0.1) is 0 Å². The molecular formula is C13H20FN3. The zero-order valence-corrected chi connectivity index (χ0v) is 10.3. The van der Waals surface area contributed by atoms with Gasteiger partial charge in [-0.2, -0.15) is 0 Å². The average molecular weight is 237 g/mol. The molecule has 0 saturated carbocycles. The summed E-state index contributed by atoms with van der Waals surface area (Å²) in [6.07, 6.45) is 0. The molecule has 4 heteroatoms. The van der Waals surface area contributed by atoms with E-state index in [1.54, 1.807) is 0 Å². The van der Waals surface area contributed by atoms with Crippen molar-refractivity contribution in [2.45, 2.75) is 6.04 Å². The summed E-state index contributed by atoms with van der Waals surface area (Å²) in [5.41, 5.74) is 6.97. The van der Waals surface area contributed by atoms with Crippen molar-refractivity contribution in [2.75, 3.05) is 39.8 Å². The molecule has 0 aromatic heterocycles. The fourth-order valence-electron chi connectivity index (χ4n) is 2.31. The van der Waals surface area contributed by atoms with E-state index >= 15 is 0 Å². The second kappa shape index (κ2) is 5.58. The van der Waals surface area contributed by atoms with E-state index in [-0.39, 0.29) is 11.9 Å². The van der Waals surface area contributed by atoms with E-state index in [2.05, 4.69) is 16.8 Å². The van der Waals surface area contributed by atoms with Crippen LogP contribution in [-0.2, 0) is 0 Å². The summed E-state index contributed by atoms with van der Waals surface area (Å²) in [6, 6.07) is 6.91. The quantitative estimate of drug-likeness (QED) is 0.853. The van der Waals surface area contributed by atoms with E-state index in [9.17, 15) is 4.39 Å². The Bertz CT molecular complexity index is 344. The molecular weight excluding hydrogens is 217 g/mol. The van der Waals surface area contributed by atoms with Crippen LogP contribution in [0.1, 0.15) is 11.6 Å². The minimum absolute atomic E-state index is 0.192. The van der Waals surface area contributed by atoms with Gasteiger partial charge in [0.1, 0.15) is 5.82 Å². The molecule has 3 nitrogen and oxygen atoms in total. The summed E-state index contributed by atoms with van der Waals surface area (Å²) in [6.45, 7) is 4.76. The predicted molar refractivity (Wildman–Crippen MR) is 67.3 cm³/mol. The minimum Gasteiger partial charge on any atom is -0.329 e. The van der Waals surface area contributed by atoms with Crippen molar-refractivity contribution < 1.29 is 4.39 Å². The van der Waals surface area contributed by atoms with Crippen molar-refractivity contribution in [2.24, 2.45) is 5.73 Å². The van der Waals surface area contributed by atoms with Crippen LogP contribution in [0.2, 0.25) is 0 Å². The molecule has 1 fully saturated rings. The van der Waals surface area contributed by atoms with Crippen molar-refractivity contribution in [3.05, 3.63) is 35.6 Å². The molecule has 2 N–H and O–H groups in total. The Hall–Kier alpha value is -0.970. The topological polar surface area (TPSA) is 32.5 Å². The lowest BCUT2D eigenvalue weighted by Gasteiger charge is -2.37. The first kappa shape index (κ1) is 12.5. The molecule has 0 radical (unpaired) electrons. The molecule has 1 aliphatic heterocycles. The van der Waals surface area contributed by atoms with Gasteiger partial charge in [-0.15, -0.1) is 0 Å². The molecule has 0 aliphatic carbocycles. The van der Waals surface area contributed by atoms with Gasteiger partial charge < -0.3 is 10.6 Å². The third-order valence-electron chi connectivity index (χ3n) is 3.46. The molecule has 1 heterocycles. The second-order valence-corrected chi connectivity index (χ2v) is 4.64. The summed E-state index contributed by atoms with van der Waals surface area (Å²) in [7, 11) is 2.13. The number of piperazine rings is 1. The van der Waals surface area contributed by atoms with E-state index in [0.29, 0.717) is 6.54 Å². The Kier molecular flexibility index (Phi) is 4.10. The van der Waals surface area contributed by atoms with Gasteiger partial charge in [0, 0.05) is 38.8 Å². The van der Waals surface area contributed by atoms with Crippen molar-refractivity contribution in [3.8, 4) is 0 Å². The zero-order valence-electron chi connectivity index (χ0n) is 10.3. The third kappa shape index (κ3) is 3.03. The van der Waals surface area contributed by atoms with E-state index in [0.717, 1.165) is 31.7 Å². The molecule has 0 unspecified atom stereocenters. The standard InChI is InChI=1S/C13H20FN3/c1-16-6-8-17(9-7-16)13(10-15)11-2-4-12(14)5-3-11/h2-5,13H,6-10,15H2,1H3/t13-/m0/s1. The molecule has 1 atom stereocenters. The van der Waals surface area contributed by atoms with E-state index < -0.39 is 0 Å². The van der Waals surface area contributed by atoms with Gasteiger partial charge in [0.15, 0.2) is 0 Å². The highest BCUT2D eigenvalue weighted by atomic mass is 19.1. The van der Waals surface area contributed by atoms with Crippen LogP contribution in [0, 0.1) is 5.82 Å². The lowest BCUT2D eigenvalue weighted by atomic mass is 10.0. The van der Waals surface area contributed by atoms with Gasteiger partial charge in [-0.1, -0.05) is 12.1 Å². The highest BCUT2D eigenvalue weighted by Gasteiger charge is 2.22. The highest BCUT2D eigenvalue weighted by Crippen LogP contribution is 2.21. The summed E-state index contributed by atoms with van der Waals surface area (Å²) >= 11 is 0. The number of nitrogens with zero attached hydrogens (tertiary/aromatic N) is 2. The van der Waals surface area contributed by atoms with Gasteiger partial charge >= 0.3 is 0 Å². The first-order valence-corrected chi connectivity index (χ1v) is 6.09. The highest BCUT2D eigenvalue weighted by molar-refractivity contribution is 5.20. The fourth-order valence-corrected chi connectivity index (χ4v) is 2.31. The van der Waals surface area contributed by atoms with E-state index in [1.807, 2.05) is 12.1 Å². The molecule has 17 heavy (non-hydrogen) atoms. The molecule has 0 bridgehead atoms. The Morgan fingerprint density at radius 3 is 2.29 bits per heavy atom. The van der Waals surface area contributed by atoms with Gasteiger partial charge in [0.2, 0.25) is 0 Å². The maximum Gasteiger partial charge on any atom is 0.123 e. The van der Waals surface area contributed by atoms with Crippen LogP contribution < -0.4 is 5.73 Å². The minimum atomic E-state index is -0.192. The number of likely N-dealkylation sites (N-methyl/N-ethyl adjacent to an activating group) is 1. The zero-order chi connectivity index (χ0) is 12.3. The number of halogens is 1. The molecule has 1 saturated heterocycles. The van der Waals surface area contributed by atoms with Crippen molar-refractivity contribution >= 4 is 0 Å². The van der Waals surface area contributed by atoms with Gasteiger partial charge in [-0.3, -0.25) is 4.90 Å². The smallest absolute Gasteiger partial charge is 0.123 e. The molecule has 1 aromatic rings. The molecule has 0 spiro atoms. The van der Waals surface area contributed by atoms with E-state index in [4.69, 9.17) is 5.73 Å². The maximum atomic E-state index is 12.9. The molecule has 1 aromatic carbocycles. The van der Waals surface area contributed by atoms with Crippen LogP contribution in [0.3, 0.4) is 0 Å². The predicted octanol–water partition coefficient (Wildman–Crippen LogP) is 1.07. The third-order valence-corrected chi connectivity index (χ3v) is 3.46. The number of rotatable bonds is 3. The summed E-state index contributed by atoms with van der Waals surface area (Å²) in [4.78, 5) is 4.70. The van der Waals surface area contributed by atoms with Gasteiger partial charge in [-0.25, -0.2) is 4.39 Å². The SMILES string of the molecule is CN1CCN([C@@H](CN)c2ccc(F)cc2)CC1. The Morgan fingerprint density at radius 1 is 1.18 bits per heavy atom. The van der Waals surface area contributed by atoms with Crippen molar-refractivity contribution in [3.63, 3.8) is 0 Å². The van der Waals surface area contributed by atoms with Crippen molar-refractivity contribution in [1.82, 2.24) is 9.80 Å². The summed E-state index contributed by atoms with van der Waals surface area (Å²) < 4.78 is 12.9. The first-order valence-electron chi connectivity index (χ1n) is 6.09. The summed E-state index contributed by atoms with van der Waals surface area (Å²) in [5.74, 6) is -0.192. The van der Waals surface area contributed by atoms with Crippen LogP contribution in [0.15, 0.2) is 24.3 Å². The lowest BCUT2D eigenvalue weighted by molar-refractivity contribution is 0.114. The van der Waals surface area contributed by atoms with Crippen LogP contribution in [0.5, 0.6) is 0 Å². The molecule has 94 valence electrons. The lowest BCUT2D eigenvalue weighted by Crippen LogP contribution is -2.47. The second-order valence-electron chi connectivity index (χ2n) is 4.64. The first-order chi connectivity index (χ1) is 8.20. The number of hydrogen-bond acceptors (Lipinski definition) is 3. The summed E-state index contributed by atoms with van der Waals surface area (Å²) in [5, 5.41) is 0. The molecule has 2 rings (SSSR count). The van der Waals surface area contributed by atoms with Crippen LogP contribution >= 0.6 is 0 Å². The maximum absolute atomic E-state index is 12.9. The number of nitrogens with two attached hydrogens (primary N) is 1. The van der Waals surface area contributed by atoms with Crippen LogP contribution in [-0.4, -0.2) is 49.6 Å². The monoisotopic (exact) mass is 237 g/mol. The Morgan fingerprint density at radius 2 is 1.76 bits per heavy atom. The Labute approximate surface area is 102 Å². The normalized spacial score (nSPS) is 20.4. The van der Waals surface area contributed by atoms with Gasteiger partial charge in [0.25, 0.3) is 0 Å². The average Bonchev–Trinajstić information content (AvgIpc) is 2.35. The van der Waals surface area contributed by atoms with Gasteiger partial charge in [-0.05, 0) is 24.7 Å². The molecule has 0 amide bonds.